The fourth-order valence-electron chi connectivity index (χ4n) is 3.48. The molecule has 1 fully saturated rings. The minimum Gasteiger partial charge on any atom is -0.494 e. The van der Waals surface area contributed by atoms with Crippen LogP contribution in [-0.4, -0.2) is 31.1 Å². The van der Waals surface area contributed by atoms with Crippen LogP contribution < -0.4 is 10.5 Å². The van der Waals surface area contributed by atoms with Crippen LogP contribution in [0.1, 0.15) is 38.8 Å². The van der Waals surface area contributed by atoms with E-state index in [1.54, 1.807) is 0 Å². The number of piperidine rings is 1. The summed E-state index contributed by atoms with van der Waals surface area (Å²) in [5, 5.41) is 0. The van der Waals surface area contributed by atoms with Crippen molar-refractivity contribution in [3.8, 4) is 5.75 Å². The zero-order valence-electron chi connectivity index (χ0n) is 13.0. The quantitative estimate of drug-likeness (QED) is 0.898. The number of nitrogens with two attached hydrogens (primary N) is 1. The number of ether oxygens (including phenoxy) is 1. The molecule has 2 rings (SSSR count). The molecule has 1 aliphatic rings. The molecule has 0 bridgehead atoms. The van der Waals surface area contributed by atoms with E-state index < -0.39 is 0 Å². The van der Waals surface area contributed by atoms with Crippen LogP contribution in [0.3, 0.4) is 0 Å². The van der Waals surface area contributed by atoms with Crippen molar-refractivity contribution in [2.75, 3.05) is 26.2 Å². The normalized spacial score (nSPS) is 25.4. The molecule has 112 valence electrons. The lowest BCUT2D eigenvalue weighted by Crippen LogP contribution is -2.43. The molecule has 3 heteroatoms. The highest BCUT2D eigenvalue weighted by Gasteiger charge is 2.29. The highest BCUT2D eigenvalue weighted by atomic mass is 16.5. The van der Waals surface area contributed by atoms with Crippen molar-refractivity contribution >= 4 is 0 Å². The first-order valence-corrected chi connectivity index (χ1v) is 7.81. The fraction of sp³-hybridized carbons (Fsp3) is 0.647. The van der Waals surface area contributed by atoms with Crippen molar-refractivity contribution < 1.29 is 4.74 Å². The molecule has 3 nitrogen and oxygen atoms in total. The van der Waals surface area contributed by atoms with Gasteiger partial charge in [-0.15, -0.1) is 0 Å². The molecule has 0 saturated carbocycles. The molecule has 2 N–H and O–H groups in total. The third-order valence-electron chi connectivity index (χ3n) is 4.14. The van der Waals surface area contributed by atoms with Gasteiger partial charge in [-0.25, -0.2) is 0 Å². The maximum absolute atomic E-state index is 6.09. The van der Waals surface area contributed by atoms with Crippen LogP contribution >= 0.6 is 0 Å². The third-order valence-corrected chi connectivity index (χ3v) is 4.14. The van der Waals surface area contributed by atoms with Crippen LogP contribution in [0.2, 0.25) is 0 Å². The number of hydrogen-bond acceptors (Lipinski definition) is 3. The Morgan fingerprint density at radius 3 is 2.50 bits per heavy atom. The Morgan fingerprint density at radius 1 is 1.25 bits per heavy atom. The van der Waals surface area contributed by atoms with Gasteiger partial charge < -0.3 is 10.5 Å². The minimum atomic E-state index is 0.267. The number of rotatable bonds is 5. The monoisotopic (exact) mass is 276 g/mol. The molecule has 1 saturated heterocycles. The van der Waals surface area contributed by atoms with Crippen molar-refractivity contribution in [2.45, 2.75) is 33.2 Å². The molecular formula is C17H28N2O. The zero-order chi connectivity index (χ0) is 14.5. The number of hydrogen-bond donors (Lipinski definition) is 1. The first-order chi connectivity index (χ1) is 9.65. The lowest BCUT2D eigenvalue weighted by molar-refractivity contribution is 0.0967. The van der Waals surface area contributed by atoms with Crippen LogP contribution in [0.25, 0.3) is 0 Å². The maximum atomic E-state index is 6.09. The highest BCUT2D eigenvalue weighted by molar-refractivity contribution is 5.36. The Bertz CT molecular complexity index is 411. The van der Waals surface area contributed by atoms with Gasteiger partial charge >= 0.3 is 0 Å². The van der Waals surface area contributed by atoms with Gasteiger partial charge in [0.1, 0.15) is 5.75 Å². The van der Waals surface area contributed by atoms with E-state index in [9.17, 15) is 0 Å². The van der Waals surface area contributed by atoms with Crippen LogP contribution in [0.15, 0.2) is 24.3 Å². The van der Waals surface area contributed by atoms with E-state index in [4.69, 9.17) is 10.5 Å². The zero-order valence-corrected chi connectivity index (χ0v) is 13.0. The van der Waals surface area contributed by atoms with E-state index >= 15 is 0 Å². The molecule has 0 spiro atoms. The van der Waals surface area contributed by atoms with Crippen LogP contribution in [0, 0.1) is 11.8 Å². The Kier molecular flexibility index (Phi) is 5.44. The number of benzene rings is 1. The minimum absolute atomic E-state index is 0.267. The standard InChI is InChI=1S/C17H28N2O/c1-4-20-17-8-6-5-7-15(17)16(10-18)19-11-13(2)9-14(3)12-19/h5-8,13-14,16H,4,9-12,18H2,1-3H3. The Balaban J connectivity index is 2.23. The van der Waals surface area contributed by atoms with Gasteiger partial charge in [0.15, 0.2) is 0 Å². The summed E-state index contributed by atoms with van der Waals surface area (Å²) in [7, 11) is 0. The van der Waals surface area contributed by atoms with Crippen molar-refractivity contribution in [3.05, 3.63) is 29.8 Å². The molecule has 0 aliphatic carbocycles. The van der Waals surface area contributed by atoms with Gasteiger partial charge in [-0.3, -0.25) is 4.90 Å². The summed E-state index contributed by atoms with van der Waals surface area (Å²) in [6.45, 7) is 10.3. The number of nitrogens with zero attached hydrogens (tertiary/aromatic N) is 1. The van der Waals surface area contributed by atoms with E-state index in [0.29, 0.717) is 13.2 Å². The molecule has 0 amide bonds. The molecular weight excluding hydrogens is 248 g/mol. The summed E-state index contributed by atoms with van der Waals surface area (Å²) in [5.74, 6) is 2.47. The Labute approximate surface area is 123 Å². The predicted molar refractivity (Wildman–Crippen MR) is 83.9 cm³/mol. The molecule has 3 atom stereocenters. The number of likely N-dealkylation sites (tertiary alicyclic amines) is 1. The number of para-hydroxylation sites is 1. The summed E-state index contributed by atoms with van der Waals surface area (Å²) < 4.78 is 5.78. The van der Waals surface area contributed by atoms with Gasteiger partial charge in [0.05, 0.1) is 12.6 Å². The predicted octanol–water partition coefficient (Wildman–Crippen LogP) is 3.06. The van der Waals surface area contributed by atoms with E-state index in [-0.39, 0.29) is 6.04 Å². The molecule has 1 heterocycles. The maximum Gasteiger partial charge on any atom is 0.124 e. The third kappa shape index (κ3) is 3.53. The highest BCUT2D eigenvalue weighted by Crippen LogP contribution is 2.33. The molecule has 3 unspecified atom stereocenters. The van der Waals surface area contributed by atoms with Crippen LogP contribution in [-0.2, 0) is 0 Å². The largest absolute Gasteiger partial charge is 0.494 e. The Hall–Kier alpha value is -1.06. The molecule has 1 aromatic rings. The van der Waals surface area contributed by atoms with Crippen LogP contribution in [0.5, 0.6) is 5.75 Å². The lowest BCUT2D eigenvalue weighted by atomic mass is 9.89. The van der Waals surface area contributed by atoms with Gasteiger partial charge in [0, 0.05) is 25.2 Å². The van der Waals surface area contributed by atoms with E-state index in [1.165, 1.54) is 12.0 Å². The van der Waals surface area contributed by atoms with Crippen molar-refractivity contribution in [2.24, 2.45) is 17.6 Å². The summed E-state index contributed by atoms with van der Waals surface area (Å²) in [4.78, 5) is 2.54. The second kappa shape index (κ2) is 7.09. The average Bonchev–Trinajstić information content (AvgIpc) is 2.41. The topological polar surface area (TPSA) is 38.5 Å². The van der Waals surface area contributed by atoms with Crippen molar-refractivity contribution in [1.82, 2.24) is 4.90 Å². The molecule has 20 heavy (non-hydrogen) atoms. The van der Waals surface area contributed by atoms with E-state index in [1.807, 2.05) is 13.0 Å². The van der Waals surface area contributed by atoms with Gasteiger partial charge in [0.2, 0.25) is 0 Å². The van der Waals surface area contributed by atoms with E-state index in [2.05, 4.69) is 36.9 Å². The first-order valence-electron chi connectivity index (χ1n) is 7.81. The van der Waals surface area contributed by atoms with Crippen molar-refractivity contribution in [1.29, 1.82) is 0 Å². The molecule has 1 aliphatic heterocycles. The second-order valence-corrected chi connectivity index (χ2v) is 6.12. The molecule has 0 radical (unpaired) electrons. The van der Waals surface area contributed by atoms with E-state index in [0.717, 1.165) is 30.7 Å². The summed E-state index contributed by atoms with van der Waals surface area (Å²) in [6, 6.07) is 8.59. The average molecular weight is 276 g/mol. The SMILES string of the molecule is CCOc1ccccc1C(CN)N1CC(C)CC(C)C1. The molecule has 0 aromatic heterocycles. The first kappa shape index (κ1) is 15.3. The summed E-state index contributed by atoms with van der Waals surface area (Å²) in [5.41, 5.74) is 7.33. The summed E-state index contributed by atoms with van der Waals surface area (Å²) >= 11 is 0. The summed E-state index contributed by atoms with van der Waals surface area (Å²) in [6.07, 6.45) is 1.32. The van der Waals surface area contributed by atoms with Crippen LogP contribution in [0.4, 0.5) is 0 Å². The smallest absolute Gasteiger partial charge is 0.124 e. The van der Waals surface area contributed by atoms with Gasteiger partial charge in [-0.05, 0) is 31.2 Å². The fourth-order valence-corrected chi connectivity index (χ4v) is 3.48. The second-order valence-electron chi connectivity index (χ2n) is 6.12. The van der Waals surface area contributed by atoms with Gasteiger partial charge in [-0.1, -0.05) is 32.0 Å². The van der Waals surface area contributed by atoms with Gasteiger partial charge in [-0.2, -0.15) is 0 Å². The Morgan fingerprint density at radius 2 is 1.90 bits per heavy atom. The van der Waals surface area contributed by atoms with Crippen molar-refractivity contribution in [3.63, 3.8) is 0 Å². The van der Waals surface area contributed by atoms with Gasteiger partial charge in [0.25, 0.3) is 0 Å². The molecule has 1 aromatic carbocycles. The lowest BCUT2D eigenvalue weighted by Gasteiger charge is -2.40.